The third kappa shape index (κ3) is 3.61. The van der Waals surface area contributed by atoms with E-state index in [-0.39, 0.29) is 24.5 Å². The van der Waals surface area contributed by atoms with Gasteiger partial charge in [-0.05, 0) is 47.9 Å². The molecule has 0 radical (unpaired) electrons. The number of carbonyl (C=O) groups is 1. The lowest BCUT2D eigenvalue weighted by Crippen LogP contribution is -2.44. The fraction of sp³-hybridized carbons (Fsp3) is 0.438. The van der Waals surface area contributed by atoms with E-state index in [4.69, 9.17) is 5.11 Å². The summed E-state index contributed by atoms with van der Waals surface area (Å²) in [6.45, 7) is 2.85. The molecule has 0 aromatic heterocycles. The SMILES string of the molecule is C[C@H]1C=C(I)[C@@H](CCCO)C(=O)N1Cc1ccccc1. The molecule has 2 atom stereocenters. The van der Waals surface area contributed by atoms with Crippen LogP contribution >= 0.6 is 22.6 Å². The molecule has 4 heteroatoms. The maximum atomic E-state index is 12.7. The molecule has 0 aliphatic carbocycles. The largest absolute Gasteiger partial charge is 0.396 e. The zero-order chi connectivity index (χ0) is 14.5. The van der Waals surface area contributed by atoms with E-state index in [0.29, 0.717) is 13.0 Å². The fourth-order valence-electron chi connectivity index (χ4n) is 2.51. The molecular weight excluding hydrogens is 365 g/mol. The number of rotatable bonds is 5. The van der Waals surface area contributed by atoms with E-state index >= 15 is 0 Å². The molecule has 1 N–H and O–H groups in total. The average Bonchev–Trinajstić information content (AvgIpc) is 2.44. The van der Waals surface area contributed by atoms with Gasteiger partial charge < -0.3 is 10.0 Å². The van der Waals surface area contributed by atoms with Gasteiger partial charge in [-0.15, -0.1) is 0 Å². The van der Waals surface area contributed by atoms with Gasteiger partial charge in [0.15, 0.2) is 0 Å². The van der Waals surface area contributed by atoms with Gasteiger partial charge in [0.1, 0.15) is 0 Å². The molecule has 1 aliphatic heterocycles. The van der Waals surface area contributed by atoms with Gasteiger partial charge in [0.2, 0.25) is 5.91 Å². The smallest absolute Gasteiger partial charge is 0.231 e. The summed E-state index contributed by atoms with van der Waals surface area (Å²) in [7, 11) is 0. The van der Waals surface area contributed by atoms with Crippen molar-refractivity contribution in [3.05, 3.63) is 45.6 Å². The molecule has 1 aliphatic rings. The summed E-state index contributed by atoms with van der Waals surface area (Å²) in [5.41, 5.74) is 1.15. The third-order valence-electron chi connectivity index (χ3n) is 3.65. The standard InChI is InChI=1S/C16H20INO2/c1-12-10-15(17)14(8-5-9-19)16(20)18(12)11-13-6-3-2-4-7-13/h2-4,6-7,10,12,14,19H,5,8-9,11H2,1H3/t12-,14+/m0/s1. The van der Waals surface area contributed by atoms with Crippen LogP contribution in [0.25, 0.3) is 0 Å². The Bertz CT molecular complexity index is 487. The number of carbonyl (C=O) groups excluding carboxylic acids is 1. The number of aliphatic hydroxyl groups is 1. The maximum absolute atomic E-state index is 12.7. The molecule has 0 saturated carbocycles. The van der Waals surface area contributed by atoms with Crippen molar-refractivity contribution in [3.8, 4) is 0 Å². The summed E-state index contributed by atoms with van der Waals surface area (Å²) in [5, 5.41) is 8.98. The fourth-order valence-corrected chi connectivity index (χ4v) is 3.61. The number of amides is 1. The highest BCUT2D eigenvalue weighted by molar-refractivity contribution is 14.1. The molecule has 2 rings (SSSR count). The minimum Gasteiger partial charge on any atom is -0.396 e. The van der Waals surface area contributed by atoms with Gasteiger partial charge >= 0.3 is 0 Å². The van der Waals surface area contributed by atoms with Gasteiger partial charge in [0.05, 0.1) is 5.92 Å². The van der Waals surface area contributed by atoms with Crippen molar-refractivity contribution in [1.29, 1.82) is 0 Å². The second-order valence-corrected chi connectivity index (χ2v) is 6.41. The molecule has 0 saturated heterocycles. The van der Waals surface area contributed by atoms with E-state index in [2.05, 4.69) is 35.6 Å². The number of benzene rings is 1. The Morgan fingerprint density at radius 2 is 2.00 bits per heavy atom. The molecule has 0 unspecified atom stereocenters. The third-order valence-corrected chi connectivity index (χ3v) is 4.76. The van der Waals surface area contributed by atoms with E-state index in [0.717, 1.165) is 15.6 Å². The van der Waals surface area contributed by atoms with Crippen LogP contribution in [0.4, 0.5) is 0 Å². The monoisotopic (exact) mass is 385 g/mol. The predicted molar refractivity (Wildman–Crippen MR) is 88.4 cm³/mol. The normalized spacial score (nSPS) is 22.9. The first-order valence-corrected chi connectivity index (χ1v) is 8.04. The van der Waals surface area contributed by atoms with E-state index in [1.165, 1.54) is 0 Å². The molecule has 0 bridgehead atoms. The van der Waals surface area contributed by atoms with Crippen LogP contribution in [-0.2, 0) is 11.3 Å². The Balaban J connectivity index is 2.14. The summed E-state index contributed by atoms with van der Waals surface area (Å²) in [6.07, 6.45) is 3.55. The summed E-state index contributed by atoms with van der Waals surface area (Å²) in [6, 6.07) is 10.2. The lowest BCUT2D eigenvalue weighted by atomic mass is 9.95. The van der Waals surface area contributed by atoms with Crippen molar-refractivity contribution in [2.24, 2.45) is 5.92 Å². The Kier molecular flexibility index (Phi) is 5.60. The van der Waals surface area contributed by atoms with Crippen molar-refractivity contribution in [1.82, 2.24) is 4.90 Å². The van der Waals surface area contributed by atoms with Crippen molar-refractivity contribution < 1.29 is 9.90 Å². The molecule has 0 fully saturated rings. The van der Waals surface area contributed by atoms with Crippen molar-refractivity contribution in [2.45, 2.75) is 32.4 Å². The Labute approximate surface area is 133 Å². The van der Waals surface area contributed by atoms with E-state index < -0.39 is 0 Å². The van der Waals surface area contributed by atoms with Crippen LogP contribution in [0.2, 0.25) is 0 Å². The Hall–Kier alpha value is -0.880. The summed E-state index contributed by atoms with van der Waals surface area (Å²) >= 11 is 2.26. The summed E-state index contributed by atoms with van der Waals surface area (Å²) in [4.78, 5) is 14.6. The molecule has 1 heterocycles. The van der Waals surface area contributed by atoms with Crippen LogP contribution in [0.15, 0.2) is 40.0 Å². The second kappa shape index (κ2) is 7.22. The number of nitrogens with zero attached hydrogens (tertiary/aromatic N) is 1. The molecule has 20 heavy (non-hydrogen) atoms. The first kappa shape index (κ1) is 15.5. The second-order valence-electron chi connectivity index (χ2n) is 5.16. The van der Waals surface area contributed by atoms with Crippen LogP contribution in [0, 0.1) is 5.92 Å². The van der Waals surface area contributed by atoms with E-state index in [1.54, 1.807) is 0 Å². The molecule has 0 spiro atoms. The van der Waals surface area contributed by atoms with Crippen LogP contribution in [0.1, 0.15) is 25.3 Å². The van der Waals surface area contributed by atoms with E-state index in [9.17, 15) is 4.79 Å². The van der Waals surface area contributed by atoms with Gasteiger partial charge in [0, 0.05) is 22.8 Å². The number of hydrogen-bond acceptors (Lipinski definition) is 2. The average molecular weight is 385 g/mol. The predicted octanol–water partition coefficient (Wildman–Crippen LogP) is 3.12. The van der Waals surface area contributed by atoms with Gasteiger partial charge in [-0.2, -0.15) is 0 Å². The highest BCUT2D eigenvalue weighted by Crippen LogP contribution is 2.32. The quantitative estimate of drug-likeness (QED) is 0.792. The van der Waals surface area contributed by atoms with Crippen LogP contribution < -0.4 is 0 Å². The summed E-state index contributed by atoms with van der Waals surface area (Å²) < 4.78 is 1.11. The van der Waals surface area contributed by atoms with Crippen LogP contribution in [-0.4, -0.2) is 28.6 Å². The molecule has 1 amide bonds. The topological polar surface area (TPSA) is 40.5 Å². The lowest BCUT2D eigenvalue weighted by molar-refractivity contribution is -0.137. The Morgan fingerprint density at radius 1 is 1.30 bits per heavy atom. The first-order valence-electron chi connectivity index (χ1n) is 6.96. The molecular formula is C16H20INO2. The van der Waals surface area contributed by atoms with Gasteiger partial charge in [0.25, 0.3) is 0 Å². The lowest BCUT2D eigenvalue weighted by Gasteiger charge is -2.35. The van der Waals surface area contributed by atoms with Crippen molar-refractivity contribution in [3.63, 3.8) is 0 Å². The molecule has 108 valence electrons. The number of aliphatic hydroxyl groups excluding tert-OH is 1. The van der Waals surface area contributed by atoms with Crippen molar-refractivity contribution in [2.75, 3.05) is 6.61 Å². The van der Waals surface area contributed by atoms with Gasteiger partial charge in [-0.25, -0.2) is 0 Å². The van der Waals surface area contributed by atoms with Gasteiger partial charge in [-0.1, -0.05) is 36.4 Å². The highest BCUT2D eigenvalue weighted by atomic mass is 127. The minimum absolute atomic E-state index is 0.0809. The Morgan fingerprint density at radius 3 is 2.65 bits per heavy atom. The van der Waals surface area contributed by atoms with Crippen LogP contribution in [0.5, 0.6) is 0 Å². The zero-order valence-corrected chi connectivity index (χ0v) is 13.8. The van der Waals surface area contributed by atoms with Gasteiger partial charge in [-0.3, -0.25) is 4.79 Å². The first-order chi connectivity index (χ1) is 9.63. The zero-order valence-electron chi connectivity index (χ0n) is 11.6. The number of halogens is 1. The van der Waals surface area contributed by atoms with E-state index in [1.807, 2.05) is 35.2 Å². The molecule has 1 aromatic carbocycles. The van der Waals surface area contributed by atoms with Crippen molar-refractivity contribution >= 4 is 28.5 Å². The minimum atomic E-state index is -0.0809. The van der Waals surface area contributed by atoms with Crippen LogP contribution in [0.3, 0.4) is 0 Å². The molecule has 1 aromatic rings. The number of hydrogen-bond donors (Lipinski definition) is 1. The maximum Gasteiger partial charge on any atom is 0.231 e. The highest BCUT2D eigenvalue weighted by Gasteiger charge is 2.33. The summed E-state index contributed by atoms with van der Waals surface area (Å²) in [5.74, 6) is 0.101. The molecule has 3 nitrogen and oxygen atoms in total.